The van der Waals surface area contributed by atoms with Gasteiger partial charge in [-0.05, 0) is 37.5 Å². The van der Waals surface area contributed by atoms with Crippen LogP contribution in [0, 0.1) is 5.82 Å². The summed E-state index contributed by atoms with van der Waals surface area (Å²) in [5.74, 6) is -1.13. The number of hydrogen-bond donors (Lipinski definition) is 3. The molecule has 1 spiro atoms. The van der Waals surface area contributed by atoms with Gasteiger partial charge in [-0.2, -0.15) is 0 Å². The number of benzene rings is 1. The van der Waals surface area contributed by atoms with Crippen LogP contribution in [0.25, 0.3) is 0 Å². The lowest BCUT2D eigenvalue weighted by Crippen LogP contribution is -2.38. The fourth-order valence-electron chi connectivity index (χ4n) is 4.58. The van der Waals surface area contributed by atoms with Gasteiger partial charge in [-0.3, -0.25) is 14.2 Å². The number of ether oxygens (including phenoxy) is 1. The first-order valence-electron chi connectivity index (χ1n) is 11.1. The number of aromatic hydroxyl groups is 1. The van der Waals surface area contributed by atoms with Crippen LogP contribution >= 0.6 is 0 Å². The van der Waals surface area contributed by atoms with E-state index in [0.29, 0.717) is 30.4 Å². The van der Waals surface area contributed by atoms with E-state index in [1.165, 1.54) is 22.8 Å². The minimum atomic E-state index is -0.715. The molecule has 1 aromatic heterocycles. The lowest BCUT2D eigenvalue weighted by molar-refractivity contribution is 0.0911. The highest BCUT2D eigenvalue weighted by Gasteiger charge is 2.42. The number of nitrogens with zero attached hydrogens (tertiary/aromatic N) is 4. The maximum atomic E-state index is 13.8. The molecule has 0 saturated heterocycles. The zero-order valence-electron chi connectivity index (χ0n) is 18.9. The lowest BCUT2D eigenvalue weighted by atomic mass is 9.86. The van der Waals surface area contributed by atoms with E-state index in [0.717, 1.165) is 32.0 Å². The van der Waals surface area contributed by atoms with E-state index in [1.54, 1.807) is 6.92 Å². The fraction of sp³-hybridized carbons (Fsp3) is 0.435. The summed E-state index contributed by atoms with van der Waals surface area (Å²) >= 11 is 0. The van der Waals surface area contributed by atoms with Gasteiger partial charge in [-0.15, -0.1) is 0 Å². The molecule has 0 unspecified atom stereocenters. The van der Waals surface area contributed by atoms with Crippen LogP contribution < -0.4 is 16.6 Å². The number of aromatic nitrogens is 2. The predicted octanol–water partition coefficient (Wildman–Crippen LogP) is 1.90. The third-order valence-corrected chi connectivity index (χ3v) is 6.26. The molecule has 0 atom stereocenters. The number of halogens is 1. The monoisotopic (exact) mass is 470 g/mol. The minimum absolute atomic E-state index is 0.0364. The number of amides is 1. The molecule has 10 nitrogen and oxygen atoms in total. The molecule has 1 saturated carbocycles. The molecule has 1 amide bonds. The van der Waals surface area contributed by atoms with Crippen molar-refractivity contribution in [2.45, 2.75) is 51.1 Å². The average Bonchev–Trinajstić information content (AvgIpc) is 3.20. The normalized spacial score (nSPS) is 17.6. The molecule has 1 aliphatic heterocycles. The summed E-state index contributed by atoms with van der Waals surface area (Å²) in [6.07, 6.45) is 4.62. The van der Waals surface area contributed by atoms with E-state index in [9.17, 15) is 19.1 Å². The molecule has 180 valence electrons. The number of hydrogen-bond acceptors (Lipinski definition) is 6. The Balaban J connectivity index is 1.64. The minimum Gasteiger partial charge on any atom is -0.501 e. The van der Waals surface area contributed by atoms with Gasteiger partial charge in [-0.1, -0.05) is 18.9 Å². The van der Waals surface area contributed by atoms with Gasteiger partial charge in [0, 0.05) is 6.54 Å². The van der Waals surface area contributed by atoms with Crippen molar-refractivity contribution in [3.8, 4) is 5.75 Å². The maximum Gasteiger partial charge on any atom is 0.296 e. The van der Waals surface area contributed by atoms with Crippen molar-refractivity contribution in [1.82, 2.24) is 14.9 Å². The number of aliphatic imine (C=N–C) groups is 2. The van der Waals surface area contributed by atoms with Crippen molar-refractivity contribution in [3.05, 3.63) is 51.5 Å². The Morgan fingerprint density at radius 2 is 2.18 bits per heavy atom. The molecular weight excluding hydrogens is 443 g/mol. The van der Waals surface area contributed by atoms with E-state index in [4.69, 9.17) is 10.5 Å². The first kappa shape index (κ1) is 23.6. The molecule has 1 aliphatic carbocycles. The SMILES string of the molecule is CC(N=CN)=Nc1cc(F)ccc1CNC(=O)c1nc2n(c(=O)c1O)CCOCC21CCCC1. The molecule has 4 rings (SSSR count). The highest BCUT2D eigenvalue weighted by molar-refractivity contribution is 5.94. The lowest BCUT2D eigenvalue weighted by Gasteiger charge is -2.28. The topological polar surface area (TPSA) is 144 Å². The van der Waals surface area contributed by atoms with Gasteiger partial charge >= 0.3 is 0 Å². The average molecular weight is 471 g/mol. The van der Waals surface area contributed by atoms with Crippen LogP contribution in [-0.2, 0) is 23.2 Å². The number of carbonyl (C=O) groups excluding carboxylic acids is 1. The summed E-state index contributed by atoms with van der Waals surface area (Å²) < 4.78 is 20.9. The van der Waals surface area contributed by atoms with Crippen LogP contribution in [0.3, 0.4) is 0 Å². The first-order chi connectivity index (χ1) is 16.3. The van der Waals surface area contributed by atoms with E-state index in [2.05, 4.69) is 20.3 Å². The van der Waals surface area contributed by atoms with E-state index in [1.807, 2.05) is 0 Å². The van der Waals surface area contributed by atoms with Gasteiger partial charge in [0.05, 0.1) is 37.2 Å². The van der Waals surface area contributed by atoms with Gasteiger partial charge in [-0.25, -0.2) is 19.4 Å². The van der Waals surface area contributed by atoms with E-state index >= 15 is 0 Å². The number of fused-ring (bicyclic) bond motifs is 2. The van der Waals surface area contributed by atoms with E-state index < -0.39 is 28.4 Å². The summed E-state index contributed by atoms with van der Waals surface area (Å²) in [6.45, 7) is 2.59. The molecule has 2 aromatic rings. The molecular formula is C23H27FN6O4. The molecule has 2 aliphatic rings. The van der Waals surface area contributed by atoms with E-state index in [-0.39, 0.29) is 24.5 Å². The standard InChI is InChI=1S/C23H27FN6O4/c1-14(27-13-25)28-17-10-16(24)5-4-15(17)11-26-20(32)18-19(31)21(33)30-8-9-34-12-23(22(30)29-18)6-2-3-7-23/h4-5,10,13,31H,2-3,6-9,11-12H2,1H3,(H,26,32)(H2,25,27,28). The largest absolute Gasteiger partial charge is 0.501 e. The van der Waals surface area contributed by atoms with Crippen molar-refractivity contribution >= 4 is 23.8 Å². The molecule has 2 heterocycles. The van der Waals surface area contributed by atoms with Crippen molar-refractivity contribution in [2.75, 3.05) is 13.2 Å². The number of amidine groups is 1. The van der Waals surface area contributed by atoms with Crippen molar-refractivity contribution in [1.29, 1.82) is 0 Å². The van der Waals surface area contributed by atoms with Crippen LogP contribution in [-0.4, -0.2) is 46.0 Å². The smallest absolute Gasteiger partial charge is 0.296 e. The van der Waals surface area contributed by atoms with Crippen molar-refractivity contribution in [2.24, 2.45) is 15.7 Å². The molecule has 1 fully saturated rings. The Morgan fingerprint density at radius 1 is 1.41 bits per heavy atom. The highest BCUT2D eigenvalue weighted by atomic mass is 19.1. The predicted molar refractivity (Wildman–Crippen MR) is 124 cm³/mol. The second-order valence-electron chi connectivity index (χ2n) is 8.52. The van der Waals surface area contributed by atoms with Crippen molar-refractivity contribution < 1.29 is 19.0 Å². The van der Waals surface area contributed by atoms with Gasteiger partial charge in [0.25, 0.3) is 11.5 Å². The molecule has 34 heavy (non-hydrogen) atoms. The molecule has 0 radical (unpaired) electrons. The third kappa shape index (κ3) is 4.56. The number of rotatable bonds is 4. The van der Waals surface area contributed by atoms with Crippen LogP contribution in [0.15, 0.2) is 33.0 Å². The van der Waals surface area contributed by atoms with Crippen molar-refractivity contribution in [3.63, 3.8) is 0 Å². The Kier molecular flexibility index (Phi) is 6.73. The number of carbonyl (C=O) groups is 1. The van der Waals surface area contributed by atoms with Crippen LogP contribution in [0.1, 0.15) is 54.5 Å². The van der Waals surface area contributed by atoms with Crippen LogP contribution in [0.2, 0.25) is 0 Å². The molecule has 11 heteroatoms. The third-order valence-electron chi connectivity index (χ3n) is 6.26. The summed E-state index contributed by atoms with van der Waals surface area (Å²) in [5, 5.41) is 13.2. The van der Waals surface area contributed by atoms with Crippen LogP contribution in [0.4, 0.5) is 10.1 Å². The quantitative estimate of drug-likeness (QED) is 0.460. The maximum absolute atomic E-state index is 13.8. The second kappa shape index (κ2) is 9.72. The van der Waals surface area contributed by atoms with Crippen LogP contribution in [0.5, 0.6) is 5.75 Å². The Bertz CT molecular complexity index is 1220. The van der Waals surface area contributed by atoms with Gasteiger partial charge in [0.2, 0.25) is 5.75 Å². The Morgan fingerprint density at radius 3 is 2.91 bits per heavy atom. The zero-order valence-corrected chi connectivity index (χ0v) is 18.9. The molecule has 1 aromatic carbocycles. The van der Waals surface area contributed by atoms with Gasteiger partial charge in [0.15, 0.2) is 5.69 Å². The summed E-state index contributed by atoms with van der Waals surface area (Å²) in [4.78, 5) is 38.5. The second-order valence-corrected chi connectivity index (χ2v) is 8.52. The number of nitrogens with two attached hydrogens (primary N) is 1. The Hall–Kier alpha value is -3.60. The Labute approximate surface area is 195 Å². The molecule has 4 N–H and O–H groups in total. The van der Waals surface area contributed by atoms with Gasteiger partial charge in [0.1, 0.15) is 17.5 Å². The number of nitrogens with one attached hydrogen (secondary N) is 1. The fourth-order valence-corrected chi connectivity index (χ4v) is 4.58. The first-order valence-corrected chi connectivity index (χ1v) is 11.1. The summed E-state index contributed by atoms with van der Waals surface area (Å²) in [6, 6.07) is 3.94. The summed E-state index contributed by atoms with van der Waals surface area (Å²) in [7, 11) is 0. The molecule has 0 bridgehead atoms. The zero-order chi connectivity index (χ0) is 24.3. The summed E-state index contributed by atoms with van der Waals surface area (Å²) in [5.41, 5.74) is 4.61. The highest BCUT2D eigenvalue weighted by Crippen LogP contribution is 2.41. The van der Waals surface area contributed by atoms with Gasteiger partial charge < -0.3 is 20.9 Å².